The third-order valence-corrected chi connectivity index (χ3v) is 6.46. The van der Waals surface area contributed by atoms with E-state index < -0.39 is 17.5 Å². The average molecular weight is 478 g/mol. The van der Waals surface area contributed by atoms with Crippen LogP contribution in [-0.2, 0) is 7.05 Å². The molecular weight excluding hydrogens is 452 g/mol. The topological polar surface area (TPSA) is 124 Å². The van der Waals surface area contributed by atoms with Gasteiger partial charge in [-0.05, 0) is 19.3 Å². The van der Waals surface area contributed by atoms with Gasteiger partial charge in [-0.1, -0.05) is 11.3 Å². The number of carbonyl (C=O) groups excluding carboxylic acids is 1. The Balaban J connectivity index is 1.60. The molecule has 1 aliphatic rings. The van der Waals surface area contributed by atoms with Crippen LogP contribution < -0.4 is 26.4 Å². The number of nitrogens with one attached hydrogen (secondary N) is 1. The maximum Gasteiger partial charge on any atom is 0.277 e. The summed E-state index contributed by atoms with van der Waals surface area (Å²) in [6.07, 6.45) is 4.25. The lowest BCUT2D eigenvalue weighted by atomic mass is 10.1. The van der Waals surface area contributed by atoms with Gasteiger partial charge in [0.15, 0.2) is 11.5 Å². The molecule has 0 aliphatic carbocycles. The molecular formula is C21H25F2N7O2S. The van der Waals surface area contributed by atoms with Crippen LogP contribution in [-0.4, -0.2) is 46.9 Å². The maximum atomic E-state index is 14.5. The van der Waals surface area contributed by atoms with Crippen LogP contribution in [0.3, 0.4) is 0 Å². The molecule has 0 radical (unpaired) electrons. The number of rotatable bonds is 5. The van der Waals surface area contributed by atoms with Gasteiger partial charge in [-0.2, -0.15) is 5.10 Å². The van der Waals surface area contributed by atoms with Gasteiger partial charge >= 0.3 is 0 Å². The van der Waals surface area contributed by atoms with Gasteiger partial charge < -0.3 is 26.4 Å². The zero-order valence-corrected chi connectivity index (χ0v) is 19.1. The zero-order valence-electron chi connectivity index (χ0n) is 18.3. The largest absolute Gasteiger partial charge is 0.497 e. The van der Waals surface area contributed by atoms with Crippen LogP contribution in [0.5, 0.6) is 5.75 Å². The van der Waals surface area contributed by atoms with Crippen molar-refractivity contribution in [2.24, 2.45) is 12.8 Å². The number of nitrogens with two attached hydrogens (primary N) is 2. The van der Waals surface area contributed by atoms with E-state index in [0.29, 0.717) is 5.69 Å². The van der Waals surface area contributed by atoms with Gasteiger partial charge in [-0.15, -0.1) is 0 Å². The van der Waals surface area contributed by atoms with Crippen molar-refractivity contribution in [1.29, 1.82) is 0 Å². The first-order valence-electron chi connectivity index (χ1n) is 10.4. The van der Waals surface area contributed by atoms with Gasteiger partial charge in [0.1, 0.15) is 33.1 Å². The highest BCUT2D eigenvalue weighted by Gasteiger charge is 2.25. The van der Waals surface area contributed by atoms with E-state index in [1.807, 2.05) is 0 Å². The van der Waals surface area contributed by atoms with Crippen molar-refractivity contribution in [1.82, 2.24) is 14.8 Å². The number of methoxy groups -OCH3 is 1. The lowest BCUT2D eigenvalue weighted by molar-refractivity contribution is 0.102. The number of ether oxygens (including phenoxy) is 1. The number of nitrogen functional groups attached to an aromatic ring is 1. The summed E-state index contributed by atoms with van der Waals surface area (Å²) in [7, 11) is 3.10. The number of benzene rings is 1. The van der Waals surface area contributed by atoms with Crippen molar-refractivity contribution in [3.8, 4) is 16.3 Å². The van der Waals surface area contributed by atoms with E-state index in [0.717, 1.165) is 61.6 Å². The second kappa shape index (κ2) is 9.32. The van der Waals surface area contributed by atoms with Crippen molar-refractivity contribution >= 4 is 33.8 Å². The summed E-state index contributed by atoms with van der Waals surface area (Å²) >= 11 is 0.828. The first-order valence-corrected chi connectivity index (χ1v) is 11.2. The number of hydrogen-bond acceptors (Lipinski definition) is 8. The SMILES string of the molecule is COc1cc(F)c(-c2nc(C(=O)Nc3cnn(C)c3N3CCCC(N)CC3)c(N)s2)c(F)c1. The van der Waals surface area contributed by atoms with E-state index in [4.69, 9.17) is 16.2 Å². The van der Waals surface area contributed by atoms with Crippen molar-refractivity contribution in [2.75, 3.05) is 36.1 Å². The van der Waals surface area contributed by atoms with Gasteiger partial charge in [0.2, 0.25) is 0 Å². The van der Waals surface area contributed by atoms with Gasteiger partial charge in [-0.3, -0.25) is 9.48 Å². The van der Waals surface area contributed by atoms with Crippen molar-refractivity contribution in [3.63, 3.8) is 0 Å². The summed E-state index contributed by atoms with van der Waals surface area (Å²) in [5.41, 5.74) is 12.1. The molecule has 9 nitrogen and oxygen atoms in total. The van der Waals surface area contributed by atoms with E-state index >= 15 is 0 Å². The fraction of sp³-hybridized carbons (Fsp3) is 0.381. The number of amides is 1. The van der Waals surface area contributed by atoms with Gasteiger partial charge in [0, 0.05) is 38.3 Å². The first-order chi connectivity index (χ1) is 15.8. The van der Waals surface area contributed by atoms with E-state index in [1.165, 1.54) is 7.11 Å². The molecule has 1 aromatic carbocycles. The Morgan fingerprint density at radius 1 is 1.27 bits per heavy atom. The Labute approximate surface area is 193 Å². The highest BCUT2D eigenvalue weighted by atomic mass is 32.1. The minimum absolute atomic E-state index is 0.0369. The van der Waals surface area contributed by atoms with E-state index in [2.05, 4.69) is 20.3 Å². The number of hydrogen-bond donors (Lipinski definition) is 3. The monoisotopic (exact) mass is 477 g/mol. The molecule has 1 unspecified atom stereocenters. The third kappa shape index (κ3) is 4.62. The van der Waals surface area contributed by atoms with Crippen molar-refractivity contribution in [3.05, 3.63) is 35.7 Å². The Morgan fingerprint density at radius 3 is 2.70 bits per heavy atom. The molecule has 5 N–H and O–H groups in total. The molecule has 0 bridgehead atoms. The Kier molecular flexibility index (Phi) is 6.47. The van der Waals surface area contributed by atoms with Crippen LogP contribution in [0.25, 0.3) is 10.6 Å². The van der Waals surface area contributed by atoms with Gasteiger partial charge in [0.05, 0.1) is 18.9 Å². The summed E-state index contributed by atoms with van der Waals surface area (Å²) in [5.74, 6) is -1.53. The molecule has 4 rings (SSSR count). The number of anilines is 3. The van der Waals surface area contributed by atoms with Gasteiger partial charge in [0.25, 0.3) is 5.91 Å². The number of carbonyl (C=O) groups is 1. The predicted octanol–water partition coefficient (Wildman–Crippen LogP) is 2.98. The van der Waals surface area contributed by atoms with Crippen molar-refractivity contribution < 1.29 is 18.3 Å². The second-order valence-corrected chi connectivity index (χ2v) is 8.87. The summed E-state index contributed by atoms with van der Waals surface area (Å²) in [6, 6.07) is 2.24. The number of aryl methyl sites for hydroxylation is 1. The number of nitrogens with zero attached hydrogens (tertiary/aromatic N) is 4. The first kappa shape index (κ1) is 22.9. The highest BCUT2D eigenvalue weighted by Crippen LogP contribution is 2.36. The Hall–Kier alpha value is -3.25. The van der Waals surface area contributed by atoms with E-state index in [-0.39, 0.29) is 33.1 Å². The minimum Gasteiger partial charge on any atom is -0.497 e. The molecule has 3 aromatic rings. The molecule has 33 heavy (non-hydrogen) atoms. The molecule has 3 heterocycles. The summed E-state index contributed by atoms with van der Waals surface area (Å²) in [6.45, 7) is 1.53. The molecule has 1 amide bonds. The molecule has 1 aliphatic heterocycles. The zero-order chi connectivity index (χ0) is 23.7. The van der Waals surface area contributed by atoms with Crippen LogP contribution in [0, 0.1) is 11.6 Å². The van der Waals surface area contributed by atoms with E-state index in [9.17, 15) is 13.6 Å². The molecule has 0 spiro atoms. The maximum absolute atomic E-state index is 14.5. The molecule has 0 saturated carbocycles. The lowest BCUT2D eigenvalue weighted by Crippen LogP contribution is -2.29. The van der Waals surface area contributed by atoms with Crippen LogP contribution in [0.1, 0.15) is 29.8 Å². The lowest BCUT2D eigenvalue weighted by Gasteiger charge is -2.24. The smallest absolute Gasteiger partial charge is 0.277 e. The summed E-state index contributed by atoms with van der Waals surface area (Å²) < 4.78 is 35.5. The summed E-state index contributed by atoms with van der Waals surface area (Å²) in [4.78, 5) is 19.2. The fourth-order valence-corrected chi connectivity index (χ4v) is 4.76. The molecule has 12 heteroatoms. The highest BCUT2D eigenvalue weighted by molar-refractivity contribution is 7.19. The normalized spacial score (nSPS) is 16.5. The molecule has 2 aromatic heterocycles. The quantitative estimate of drug-likeness (QED) is 0.516. The predicted molar refractivity (Wildman–Crippen MR) is 124 cm³/mol. The van der Waals surface area contributed by atoms with Crippen LogP contribution in [0.2, 0.25) is 0 Å². The Morgan fingerprint density at radius 2 is 2.00 bits per heavy atom. The Bertz CT molecular complexity index is 1160. The number of halogens is 2. The summed E-state index contributed by atoms with van der Waals surface area (Å²) in [5, 5.41) is 7.07. The number of thiazole rings is 1. The molecule has 1 saturated heterocycles. The fourth-order valence-electron chi connectivity index (χ4n) is 3.88. The standard InChI is InChI=1S/C21H25F2N7O2S/c1-29-21(30-6-3-4-11(24)5-7-30)15(10-26-29)27-19(31)17-18(25)33-20(28-17)16-13(22)8-12(32-2)9-14(16)23/h8-11H,3-7,24-25H2,1-2H3,(H,27,31). The molecule has 176 valence electrons. The average Bonchev–Trinajstić information content (AvgIpc) is 3.24. The second-order valence-electron chi connectivity index (χ2n) is 7.84. The van der Waals surface area contributed by atoms with Crippen LogP contribution in [0.4, 0.5) is 25.3 Å². The minimum atomic E-state index is -0.860. The van der Waals surface area contributed by atoms with Crippen molar-refractivity contribution in [2.45, 2.75) is 25.3 Å². The van der Waals surface area contributed by atoms with Gasteiger partial charge in [-0.25, -0.2) is 13.8 Å². The third-order valence-electron chi connectivity index (χ3n) is 5.56. The van der Waals surface area contributed by atoms with Crippen LogP contribution in [0.15, 0.2) is 18.3 Å². The van der Waals surface area contributed by atoms with E-state index in [1.54, 1.807) is 17.9 Å². The number of aromatic nitrogens is 3. The van der Waals surface area contributed by atoms with Crippen LogP contribution >= 0.6 is 11.3 Å². The molecule has 1 atom stereocenters. The molecule has 1 fully saturated rings.